The maximum atomic E-state index is 12.4. The standard InChI is InChI=1S/C21H28N6O2S/c1-13(2)24-18-17-12-23-27(19(17)26-21(25-18)30-14(3)4)11-10-22-20(28)15-6-8-16(29-5)9-7-15/h6-9,12-14H,10-11H2,1-5H3,(H,22,28)(H,24,25,26). The quantitative estimate of drug-likeness (QED) is 0.397. The summed E-state index contributed by atoms with van der Waals surface area (Å²) in [6.07, 6.45) is 1.77. The van der Waals surface area contributed by atoms with Crippen LogP contribution in [0.25, 0.3) is 11.0 Å². The summed E-state index contributed by atoms with van der Waals surface area (Å²) in [7, 11) is 1.60. The van der Waals surface area contributed by atoms with Crippen LogP contribution in [-0.4, -0.2) is 50.6 Å². The number of carbonyl (C=O) groups excluding carboxylic acids is 1. The molecule has 3 aromatic rings. The van der Waals surface area contributed by atoms with Gasteiger partial charge in [0, 0.05) is 23.4 Å². The fourth-order valence-corrected chi connectivity index (χ4v) is 3.57. The Morgan fingerprint density at radius 1 is 1.17 bits per heavy atom. The van der Waals surface area contributed by atoms with Crippen molar-refractivity contribution in [1.82, 2.24) is 25.1 Å². The van der Waals surface area contributed by atoms with E-state index in [-0.39, 0.29) is 11.9 Å². The molecular weight excluding hydrogens is 400 g/mol. The topological polar surface area (TPSA) is 94.0 Å². The summed E-state index contributed by atoms with van der Waals surface area (Å²) < 4.78 is 6.93. The van der Waals surface area contributed by atoms with E-state index in [0.717, 1.165) is 22.6 Å². The highest BCUT2D eigenvalue weighted by Crippen LogP contribution is 2.26. The number of fused-ring (bicyclic) bond motifs is 1. The number of aromatic nitrogens is 4. The van der Waals surface area contributed by atoms with Gasteiger partial charge in [-0.1, -0.05) is 25.6 Å². The third-order valence-electron chi connectivity index (χ3n) is 4.20. The molecule has 1 amide bonds. The van der Waals surface area contributed by atoms with Crippen LogP contribution >= 0.6 is 11.8 Å². The van der Waals surface area contributed by atoms with E-state index >= 15 is 0 Å². The van der Waals surface area contributed by atoms with Crippen LogP contribution in [0.1, 0.15) is 38.1 Å². The molecular formula is C21H28N6O2S. The Labute approximate surface area is 180 Å². The van der Waals surface area contributed by atoms with Crippen LogP contribution in [0.3, 0.4) is 0 Å². The van der Waals surface area contributed by atoms with Crippen molar-refractivity contribution < 1.29 is 9.53 Å². The molecule has 0 spiro atoms. The number of benzene rings is 1. The molecule has 0 saturated heterocycles. The lowest BCUT2D eigenvalue weighted by molar-refractivity contribution is 0.0952. The minimum atomic E-state index is -0.137. The van der Waals surface area contributed by atoms with Gasteiger partial charge in [0.2, 0.25) is 0 Å². The Hall–Kier alpha value is -2.81. The second kappa shape index (κ2) is 9.80. The van der Waals surface area contributed by atoms with Crippen molar-refractivity contribution in [2.24, 2.45) is 0 Å². The van der Waals surface area contributed by atoms with Gasteiger partial charge in [0.1, 0.15) is 11.6 Å². The predicted octanol–water partition coefficient (Wildman–Crippen LogP) is 3.59. The van der Waals surface area contributed by atoms with Crippen molar-refractivity contribution in [3.05, 3.63) is 36.0 Å². The predicted molar refractivity (Wildman–Crippen MR) is 120 cm³/mol. The molecule has 0 radical (unpaired) electrons. The largest absolute Gasteiger partial charge is 0.497 e. The third-order valence-corrected chi connectivity index (χ3v) is 5.07. The zero-order chi connectivity index (χ0) is 21.7. The van der Waals surface area contributed by atoms with E-state index in [2.05, 4.69) is 48.4 Å². The number of nitrogens with one attached hydrogen (secondary N) is 2. The molecule has 0 aliphatic rings. The van der Waals surface area contributed by atoms with Crippen molar-refractivity contribution in [3.8, 4) is 5.75 Å². The molecule has 9 heteroatoms. The SMILES string of the molecule is COc1ccc(C(=O)NCCn2ncc3c(NC(C)C)nc(SC(C)C)nc32)cc1. The molecule has 30 heavy (non-hydrogen) atoms. The minimum absolute atomic E-state index is 0.137. The Kier molecular flexibility index (Phi) is 7.15. The van der Waals surface area contributed by atoms with Crippen LogP contribution < -0.4 is 15.4 Å². The first kappa shape index (κ1) is 21.9. The first-order valence-electron chi connectivity index (χ1n) is 9.96. The average molecular weight is 429 g/mol. The molecule has 1 aromatic carbocycles. The van der Waals surface area contributed by atoms with Gasteiger partial charge in [-0.3, -0.25) is 4.79 Å². The summed E-state index contributed by atoms with van der Waals surface area (Å²) >= 11 is 1.61. The summed E-state index contributed by atoms with van der Waals surface area (Å²) in [5.74, 6) is 1.36. The fourth-order valence-electron chi connectivity index (χ4n) is 2.87. The Morgan fingerprint density at radius 2 is 1.90 bits per heavy atom. The fraction of sp³-hybridized carbons (Fsp3) is 0.429. The Bertz CT molecular complexity index is 1000. The Balaban J connectivity index is 1.74. The van der Waals surface area contributed by atoms with Gasteiger partial charge in [-0.05, 0) is 38.1 Å². The molecule has 2 N–H and O–H groups in total. The summed E-state index contributed by atoms with van der Waals surface area (Å²) in [5, 5.41) is 12.7. The smallest absolute Gasteiger partial charge is 0.251 e. The third kappa shape index (κ3) is 5.41. The van der Waals surface area contributed by atoms with Gasteiger partial charge >= 0.3 is 0 Å². The highest BCUT2D eigenvalue weighted by Gasteiger charge is 2.15. The van der Waals surface area contributed by atoms with Gasteiger partial charge in [0.05, 0.1) is 25.2 Å². The summed E-state index contributed by atoms with van der Waals surface area (Å²) in [4.78, 5) is 21.7. The highest BCUT2D eigenvalue weighted by molar-refractivity contribution is 7.99. The molecule has 160 valence electrons. The molecule has 0 aliphatic carbocycles. The molecule has 0 unspecified atom stereocenters. The lowest BCUT2D eigenvalue weighted by Gasteiger charge is -2.12. The van der Waals surface area contributed by atoms with Gasteiger partial charge in [0.25, 0.3) is 5.91 Å². The van der Waals surface area contributed by atoms with Crippen LogP contribution in [0.4, 0.5) is 5.82 Å². The maximum Gasteiger partial charge on any atom is 0.251 e. The van der Waals surface area contributed by atoms with Crippen LogP contribution in [0.2, 0.25) is 0 Å². The number of thioether (sulfide) groups is 1. The first-order valence-corrected chi connectivity index (χ1v) is 10.8. The molecule has 0 atom stereocenters. The molecule has 0 saturated carbocycles. The second-order valence-corrected chi connectivity index (χ2v) is 8.95. The van der Waals surface area contributed by atoms with Crippen molar-refractivity contribution in [3.63, 3.8) is 0 Å². The van der Waals surface area contributed by atoms with Crippen molar-refractivity contribution in [2.75, 3.05) is 19.0 Å². The molecule has 2 aromatic heterocycles. The van der Waals surface area contributed by atoms with Crippen molar-refractivity contribution in [2.45, 2.75) is 50.7 Å². The normalized spacial score (nSPS) is 11.3. The van der Waals surface area contributed by atoms with Crippen molar-refractivity contribution >= 4 is 34.5 Å². The molecule has 3 rings (SSSR count). The number of carbonyl (C=O) groups is 1. The number of rotatable bonds is 9. The van der Waals surface area contributed by atoms with Gasteiger partial charge in [0.15, 0.2) is 10.8 Å². The van der Waals surface area contributed by atoms with E-state index < -0.39 is 0 Å². The van der Waals surface area contributed by atoms with Gasteiger partial charge < -0.3 is 15.4 Å². The zero-order valence-electron chi connectivity index (χ0n) is 18.0. The number of anilines is 1. The number of nitrogens with zero attached hydrogens (tertiary/aromatic N) is 4. The van der Waals surface area contributed by atoms with Crippen LogP contribution in [-0.2, 0) is 6.54 Å². The van der Waals surface area contributed by atoms with Crippen LogP contribution in [0.15, 0.2) is 35.6 Å². The lowest BCUT2D eigenvalue weighted by Crippen LogP contribution is -2.27. The molecule has 0 aliphatic heterocycles. The summed E-state index contributed by atoms with van der Waals surface area (Å²) in [6.45, 7) is 9.31. The molecule has 2 heterocycles. The monoisotopic (exact) mass is 428 g/mol. The molecule has 8 nitrogen and oxygen atoms in total. The second-order valence-electron chi connectivity index (χ2n) is 7.41. The van der Waals surface area contributed by atoms with E-state index in [9.17, 15) is 4.79 Å². The van der Waals surface area contributed by atoms with E-state index in [0.29, 0.717) is 29.1 Å². The van der Waals surface area contributed by atoms with E-state index in [1.54, 1.807) is 54.0 Å². The van der Waals surface area contributed by atoms with E-state index in [4.69, 9.17) is 9.72 Å². The molecule has 0 bridgehead atoms. The van der Waals surface area contributed by atoms with Crippen LogP contribution in [0, 0.1) is 0 Å². The first-order chi connectivity index (χ1) is 14.4. The summed E-state index contributed by atoms with van der Waals surface area (Å²) in [6, 6.07) is 7.26. The zero-order valence-corrected chi connectivity index (χ0v) is 18.8. The number of amides is 1. The number of methoxy groups -OCH3 is 1. The minimum Gasteiger partial charge on any atom is -0.497 e. The number of hydrogen-bond acceptors (Lipinski definition) is 7. The summed E-state index contributed by atoms with van der Waals surface area (Å²) in [5.41, 5.74) is 1.34. The molecule has 0 fully saturated rings. The van der Waals surface area contributed by atoms with Crippen molar-refractivity contribution in [1.29, 1.82) is 0 Å². The van der Waals surface area contributed by atoms with Gasteiger partial charge in [-0.2, -0.15) is 5.10 Å². The lowest BCUT2D eigenvalue weighted by atomic mass is 10.2. The highest BCUT2D eigenvalue weighted by atomic mass is 32.2. The average Bonchev–Trinajstić information content (AvgIpc) is 3.10. The number of ether oxygens (including phenoxy) is 1. The maximum absolute atomic E-state index is 12.4. The Morgan fingerprint density at radius 3 is 2.53 bits per heavy atom. The van der Waals surface area contributed by atoms with Gasteiger partial charge in [-0.25, -0.2) is 14.6 Å². The number of hydrogen-bond donors (Lipinski definition) is 2. The van der Waals surface area contributed by atoms with Crippen LogP contribution in [0.5, 0.6) is 5.75 Å². The van der Waals surface area contributed by atoms with E-state index in [1.165, 1.54) is 0 Å². The van der Waals surface area contributed by atoms with Gasteiger partial charge in [-0.15, -0.1) is 0 Å². The van der Waals surface area contributed by atoms with E-state index in [1.807, 2.05) is 0 Å².